The molecule has 1 aromatic carbocycles. The van der Waals surface area contributed by atoms with E-state index in [1.165, 1.54) is 16.7 Å². The third-order valence-corrected chi connectivity index (χ3v) is 6.74. The van der Waals surface area contributed by atoms with E-state index >= 15 is 0 Å². The van der Waals surface area contributed by atoms with Crippen LogP contribution in [0, 0.1) is 12.3 Å². The second kappa shape index (κ2) is 8.40. The summed E-state index contributed by atoms with van der Waals surface area (Å²) < 4.78 is -0.687. The number of β-lactam (4-membered cyclic amide) rings is 1. The summed E-state index contributed by atoms with van der Waals surface area (Å²) in [4.78, 5) is 50.7. The third-order valence-electron chi connectivity index (χ3n) is 5.17. The van der Waals surface area contributed by atoms with E-state index < -0.39 is 46.0 Å². The number of terminal acetylenes is 1. The molecule has 2 heterocycles. The predicted octanol–water partition coefficient (Wildman–Crippen LogP) is 0.889. The van der Waals surface area contributed by atoms with Crippen LogP contribution in [0.5, 0.6) is 0 Å². The van der Waals surface area contributed by atoms with Crippen molar-refractivity contribution in [2.24, 2.45) is 0 Å². The summed E-state index contributed by atoms with van der Waals surface area (Å²) in [5, 5.41) is 14.4. The molecule has 3 rings (SSSR count). The van der Waals surface area contributed by atoms with Gasteiger partial charge in [-0.3, -0.25) is 14.4 Å². The van der Waals surface area contributed by atoms with E-state index in [9.17, 15) is 24.3 Å². The molecule has 0 spiro atoms. The van der Waals surface area contributed by atoms with Crippen LogP contribution in [0.25, 0.3) is 0 Å². The molecule has 1 aromatic rings. The fourth-order valence-corrected chi connectivity index (χ4v) is 5.37. The van der Waals surface area contributed by atoms with Crippen molar-refractivity contribution in [3.63, 3.8) is 0 Å². The van der Waals surface area contributed by atoms with Gasteiger partial charge in [0.15, 0.2) is 0 Å². The van der Waals surface area contributed by atoms with Gasteiger partial charge in [0, 0.05) is 17.6 Å². The van der Waals surface area contributed by atoms with Crippen molar-refractivity contribution in [2.45, 2.75) is 54.9 Å². The number of hydrogen-bond acceptors (Lipinski definition) is 5. The van der Waals surface area contributed by atoms with Crippen LogP contribution < -0.4 is 10.6 Å². The van der Waals surface area contributed by atoms with E-state index in [1.54, 1.807) is 44.2 Å². The summed E-state index contributed by atoms with van der Waals surface area (Å²) in [6.07, 6.45) is 5.52. The molecule has 2 aliphatic heterocycles. The maximum absolute atomic E-state index is 13.0. The second-order valence-corrected chi connectivity index (χ2v) is 9.47. The highest BCUT2D eigenvalue weighted by Crippen LogP contribution is 2.50. The van der Waals surface area contributed by atoms with Gasteiger partial charge in [-0.25, -0.2) is 4.79 Å². The van der Waals surface area contributed by atoms with Crippen molar-refractivity contribution in [3.8, 4) is 12.3 Å². The van der Waals surface area contributed by atoms with E-state index in [2.05, 4.69) is 16.6 Å². The Balaban J connectivity index is 1.75. The summed E-state index contributed by atoms with van der Waals surface area (Å²) in [6, 6.07) is 5.88. The fourth-order valence-electron chi connectivity index (χ4n) is 3.75. The molecule has 9 heteroatoms. The highest BCUT2D eigenvalue weighted by molar-refractivity contribution is 8.01. The van der Waals surface area contributed by atoms with E-state index in [-0.39, 0.29) is 18.7 Å². The Hall–Kier alpha value is -2.99. The van der Waals surface area contributed by atoms with Crippen LogP contribution in [0.1, 0.15) is 38.3 Å². The summed E-state index contributed by atoms with van der Waals surface area (Å²) in [5.41, 5.74) is 0.565. The van der Waals surface area contributed by atoms with Crippen molar-refractivity contribution in [1.29, 1.82) is 0 Å². The summed E-state index contributed by atoms with van der Waals surface area (Å²) in [7, 11) is 0. The number of carboxylic acid groups (broad SMARTS) is 1. The first-order valence-electron chi connectivity index (χ1n) is 9.48. The average molecular weight is 429 g/mol. The summed E-state index contributed by atoms with van der Waals surface area (Å²) in [6.45, 7) is 3.53. The molecule has 0 radical (unpaired) electrons. The van der Waals surface area contributed by atoms with Crippen LogP contribution >= 0.6 is 11.8 Å². The number of nitrogens with one attached hydrogen (secondary N) is 2. The molecule has 4 atom stereocenters. The molecule has 2 fully saturated rings. The van der Waals surface area contributed by atoms with E-state index in [1.807, 2.05) is 0 Å². The van der Waals surface area contributed by atoms with Crippen LogP contribution in [-0.2, 0) is 19.2 Å². The Morgan fingerprint density at radius 2 is 1.97 bits per heavy atom. The number of carboxylic acids is 1. The van der Waals surface area contributed by atoms with Crippen molar-refractivity contribution in [1.82, 2.24) is 15.5 Å². The van der Waals surface area contributed by atoms with E-state index in [4.69, 9.17) is 6.42 Å². The largest absolute Gasteiger partial charge is 0.480 e. The molecular weight excluding hydrogens is 406 g/mol. The van der Waals surface area contributed by atoms with Crippen molar-refractivity contribution in [3.05, 3.63) is 35.9 Å². The Morgan fingerprint density at radius 3 is 2.57 bits per heavy atom. The summed E-state index contributed by atoms with van der Waals surface area (Å²) in [5.74, 6) is -0.0435. The lowest BCUT2D eigenvalue weighted by atomic mass is 9.95. The smallest absolute Gasteiger partial charge is 0.327 e. The molecule has 0 aliphatic carbocycles. The van der Waals surface area contributed by atoms with Crippen LogP contribution in [-0.4, -0.2) is 55.9 Å². The maximum Gasteiger partial charge on any atom is 0.327 e. The second-order valence-electron chi connectivity index (χ2n) is 7.70. The van der Waals surface area contributed by atoms with Gasteiger partial charge in [0.25, 0.3) is 0 Å². The van der Waals surface area contributed by atoms with Crippen LogP contribution in [0.4, 0.5) is 0 Å². The number of rotatable bonds is 7. The van der Waals surface area contributed by atoms with Gasteiger partial charge in [-0.2, -0.15) is 0 Å². The average Bonchev–Trinajstić information content (AvgIpc) is 2.97. The first-order chi connectivity index (χ1) is 14.2. The summed E-state index contributed by atoms with van der Waals surface area (Å²) >= 11 is 1.34. The molecule has 2 unspecified atom stereocenters. The fraction of sp³-hybridized carbons (Fsp3) is 0.429. The lowest BCUT2D eigenvalue weighted by molar-refractivity contribution is -0.161. The van der Waals surface area contributed by atoms with E-state index in [0.717, 1.165) is 0 Å². The zero-order chi connectivity index (χ0) is 22.1. The number of hydrogen-bond donors (Lipinski definition) is 3. The lowest BCUT2D eigenvalue weighted by Gasteiger charge is -2.44. The van der Waals surface area contributed by atoms with Gasteiger partial charge >= 0.3 is 5.97 Å². The Morgan fingerprint density at radius 1 is 1.30 bits per heavy atom. The minimum Gasteiger partial charge on any atom is -0.480 e. The molecule has 2 saturated heterocycles. The Bertz CT molecular complexity index is 911. The van der Waals surface area contributed by atoms with Crippen molar-refractivity contribution >= 4 is 35.5 Å². The van der Waals surface area contributed by atoms with Gasteiger partial charge in [0.2, 0.25) is 17.7 Å². The van der Waals surface area contributed by atoms with Gasteiger partial charge in [-0.1, -0.05) is 30.3 Å². The highest BCUT2D eigenvalue weighted by atomic mass is 32.2. The van der Waals surface area contributed by atoms with Crippen LogP contribution in [0.3, 0.4) is 0 Å². The van der Waals surface area contributed by atoms with Gasteiger partial charge in [-0.15, -0.1) is 24.1 Å². The van der Waals surface area contributed by atoms with E-state index in [0.29, 0.717) is 5.56 Å². The quantitative estimate of drug-likeness (QED) is 0.438. The van der Waals surface area contributed by atoms with Gasteiger partial charge < -0.3 is 20.6 Å². The molecular formula is C21H23N3O5S. The molecule has 30 heavy (non-hydrogen) atoms. The standard InChI is InChI=1S/C21H23N3O5S/c1-4-5-11-13(25)22-14(12-9-7-6-8-10-12)17(26)23-15-18(27)24-16(20(28)29)21(2,3)30-19(15)24/h1,6-10,14-16,19H,5,11H2,2-3H3,(H,22,25)(H,23,26)(H,28,29)/t14?,15-,16+,19?/m1/s1. The van der Waals surface area contributed by atoms with Crippen LogP contribution in [0.2, 0.25) is 0 Å². The normalized spacial score (nSPS) is 24.8. The van der Waals surface area contributed by atoms with Crippen molar-refractivity contribution in [2.75, 3.05) is 0 Å². The number of thioether (sulfide) groups is 1. The lowest BCUT2D eigenvalue weighted by Crippen LogP contribution is -2.71. The first-order valence-corrected chi connectivity index (χ1v) is 10.4. The van der Waals surface area contributed by atoms with Gasteiger partial charge in [0.1, 0.15) is 23.5 Å². The van der Waals surface area contributed by atoms with Gasteiger partial charge in [-0.05, 0) is 19.4 Å². The molecule has 3 N–H and O–H groups in total. The Kier molecular flexibility index (Phi) is 6.08. The first kappa shape index (κ1) is 21.7. The number of carbonyl (C=O) groups excluding carboxylic acids is 3. The molecule has 2 aliphatic rings. The molecule has 0 bridgehead atoms. The zero-order valence-corrected chi connectivity index (χ0v) is 17.4. The minimum atomic E-state index is -1.07. The number of fused-ring (bicyclic) bond motifs is 1. The minimum absolute atomic E-state index is 0.0796. The number of benzene rings is 1. The number of aliphatic carboxylic acids is 1. The molecule has 8 nitrogen and oxygen atoms in total. The third kappa shape index (κ3) is 4.00. The van der Waals surface area contributed by atoms with Gasteiger partial charge in [0.05, 0.1) is 0 Å². The highest BCUT2D eigenvalue weighted by Gasteiger charge is 2.64. The maximum atomic E-state index is 13.0. The number of nitrogens with zero attached hydrogens (tertiary/aromatic N) is 1. The van der Waals surface area contributed by atoms with Crippen LogP contribution in [0.15, 0.2) is 30.3 Å². The Labute approximate surface area is 178 Å². The molecule has 0 aromatic heterocycles. The molecule has 3 amide bonds. The SMILES string of the molecule is C#CCCC(=O)NC(C(=O)N[C@@H]1C(=O)N2C1SC(C)(C)[C@@H]2C(=O)O)c1ccccc1. The number of amides is 3. The van der Waals surface area contributed by atoms with Crippen molar-refractivity contribution < 1.29 is 24.3 Å². The predicted molar refractivity (Wildman–Crippen MR) is 111 cm³/mol. The monoisotopic (exact) mass is 429 g/mol. The molecule has 158 valence electrons. The molecule has 0 saturated carbocycles. The topological polar surface area (TPSA) is 116 Å². The number of carbonyl (C=O) groups is 4. The zero-order valence-electron chi connectivity index (χ0n) is 16.6.